The van der Waals surface area contributed by atoms with Crippen molar-refractivity contribution < 1.29 is 22.7 Å². The van der Waals surface area contributed by atoms with E-state index in [9.17, 15) is 18.0 Å². The maximum Gasteiger partial charge on any atom is 0.522 e. The number of rotatable bonds is 3. The summed E-state index contributed by atoms with van der Waals surface area (Å²) in [5.74, 6) is -0.206. The Bertz CT molecular complexity index is 488. The second-order valence-electron chi connectivity index (χ2n) is 4.23. The van der Waals surface area contributed by atoms with Crippen molar-refractivity contribution in [1.82, 2.24) is 0 Å². The zero-order valence-corrected chi connectivity index (χ0v) is 10.0. The number of nitrogen functional groups attached to an aromatic ring is 1. The zero-order valence-electron chi connectivity index (χ0n) is 10.0. The predicted molar refractivity (Wildman–Crippen MR) is 63.5 cm³/mol. The third-order valence-corrected chi connectivity index (χ3v) is 2.88. The summed E-state index contributed by atoms with van der Waals surface area (Å²) in [5, 5.41) is 0. The van der Waals surface area contributed by atoms with Crippen molar-refractivity contribution in [2.75, 3.05) is 23.8 Å². The minimum atomic E-state index is -4.68. The van der Waals surface area contributed by atoms with Gasteiger partial charge in [-0.25, -0.2) is 0 Å². The number of fused-ring (bicyclic) bond motifs is 1. The minimum Gasteiger partial charge on any atom is -0.399 e. The molecule has 0 atom stereocenters. The first-order valence-electron chi connectivity index (χ1n) is 5.76. The van der Waals surface area contributed by atoms with Gasteiger partial charge in [0.2, 0.25) is 5.91 Å². The van der Waals surface area contributed by atoms with E-state index in [0.717, 1.165) is 5.56 Å². The zero-order chi connectivity index (χ0) is 14.0. The van der Waals surface area contributed by atoms with Crippen molar-refractivity contribution in [2.45, 2.75) is 19.2 Å². The second-order valence-corrected chi connectivity index (χ2v) is 4.23. The lowest BCUT2D eigenvalue weighted by molar-refractivity contribution is -0.323. The van der Waals surface area contributed by atoms with Gasteiger partial charge in [-0.05, 0) is 30.2 Å². The van der Waals surface area contributed by atoms with Crippen molar-refractivity contribution in [2.24, 2.45) is 0 Å². The number of halogens is 3. The average Bonchev–Trinajstić information content (AvgIpc) is 2.30. The van der Waals surface area contributed by atoms with Crippen LogP contribution in [-0.2, 0) is 16.0 Å². The summed E-state index contributed by atoms with van der Waals surface area (Å²) in [7, 11) is 0. The fourth-order valence-corrected chi connectivity index (χ4v) is 2.08. The first-order chi connectivity index (χ1) is 8.87. The fourth-order valence-electron chi connectivity index (χ4n) is 2.08. The minimum absolute atomic E-state index is 0.130. The lowest BCUT2D eigenvalue weighted by Crippen LogP contribution is -2.38. The summed E-state index contributed by atoms with van der Waals surface area (Å²) < 4.78 is 39.4. The number of benzene rings is 1. The van der Waals surface area contributed by atoms with Crippen LogP contribution in [0.3, 0.4) is 0 Å². The Morgan fingerprint density at radius 2 is 2.05 bits per heavy atom. The Morgan fingerprint density at radius 1 is 1.32 bits per heavy atom. The van der Waals surface area contributed by atoms with E-state index in [1.807, 2.05) is 0 Å². The fraction of sp³-hybridized carbons (Fsp3) is 0.417. The van der Waals surface area contributed by atoms with E-state index in [0.29, 0.717) is 17.8 Å². The molecular formula is C12H13F3N2O2. The highest BCUT2D eigenvalue weighted by molar-refractivity contribution is 5.96. The van der Waals surface area contributed by atoms with Gasteiger partial charge < -0.3 is 10.6 Å². The first kappa shape index (κ1) is 13.7. The Hall–Kier alpha value is -1.76. The van der Waals surface area contributed by atoms with E-state index in [1.165, 1.54) is 4.90 Å². The summed E-state index contributed by atoms with van der Waals surface area (Å²) in [4.78, 5) is 13.1. The van der Waals surface area contributed by atoms with Gasteiger partial charge in [0.25, 0.3) is 0 Å². The highest BCUT2D eigenvalue weighted by Gasteiger charge is 2.30. The number of carbonyl (C=O) groups is 1. The molecule has 1 heterocycles. The molecular weight excluding hydrogens is 261 g/mol. The molecule has 0 aliphatic carbocycles. The summed E-state index contributed by atoms with van der Waals surface area (Å²) in [6.07, 6.45) is -3.86. The van der Waals surface area contributed by atoms with Crippen LogP contribution < -0.4 is 10.6 Å². The van der Waals surface area contributed by atoms with Crippen molar-refractivity contribution >= 4 is 17.3 Å². The largest absolute Gasteiger partial charge is 0.522 e. The standard InChI is InChI=1S/C12H13F3N2O2/c13-12(14,15)19-6-5-17-10-3-2-9(16)7-8(10)1-4-11(17)18/h2-3,7H,1,4-6,16H2. The quantitative estimate of drug-likeness (QED) is 0.859. The lowest BCUT2D eigenvalue weighted by atomic mass is 10.0. The highest BCUT2D eigenvalue weighted by Crippen LogP contribution is 2.29. The number of nitrogens with two attached hydrogens (primary N) is 1. The molecule has 0 saturated heterocycles. The summed E-state index contributed by atoms with van der Waals surface area (Å²) in [6.45, 7) is -0.714. The van der Waals surface area contributed by atoms with Crippen LogP contribution >= 0.6 is 0 Å². The molecule has 1 amide bonds. The van der Waals surface area contributed by atoms with Crippen LogP contribution in [0.4, 0.5) is 24.5 Å². The van der Waals surface area contributed by atoms with Crippen molar-refractivity contribution in [3.63, 3.8) is 0 Å². The molecule has 1 aromatic rings. The lowest BCUT2D eigenvalue weighted by Gasteiger charge is -2.29. The molecule has 7 heteroatoms. The van der Waals surface area contributed by atoms with Gasteiger partial charge in [0.1, 0.15) is 0 Å². The molecule has 104 valence electrons. The molecule has 0 spiro atoms. The van der Waals surface area contributed by atoms with Crippen LogP contribution in [0, 0.1) is 0 Å². The predicted octanol–water partition coefficient (Wildman–Crippen LogP) is 2.08. The summed E-state index contributed by atoms with van der Waals surface area (Å²) in [5.41, 5.74) is 7.69. The van der Waals surface area contributed by atoms with E-state index >= 15 is 0 Å². The molecule has 19 heavy (non-hydrogen) atoms. The Morgan fingerprint density at radius 3 is 2.74 bits per heavy atom. The molecule has 0 radical (unpaired) electrons. The van der Waals surface area contributed by atoms with Gasteiger partial charge in [-0.1, -0.05) is 0 Å². The number of hydrogen-bond donors (Lipinski definition) is 1. The normalized spacial score (nSPS) is 15.5. The van der Waals surface area contributed by atoms with Crippen LogP contribution in [0.5, 0.6) is 0 Å². The SMILES string of the molecule is Nc1ccc2c(c1)CCC(=O)N2CCOC(F)(F)F. The van der Waals surface area contributed by atoms with E-state index in [2.05, 4.69) is 4.74 Å². The molecule has 0 fully saturated rings. The van der Waals surface area contributed by atoms with E-state index in [4.69, 9.17) is 5.73 Å². The molecule has 1 aliphatic heterocycles. The molecule has 0 bridgehead atoms. The van der Waals surface area contributed by atoms with Gasteiger partial charge in [0.15, 0.2) is 0 Å². The third kappa shape index (κ3) is 3.37. The molecule has 0 unspecified atom stereocenters. The molecule has 2 N–H and O–H groups in total. The van der Waals surface area contributed by atoms with Gasteiger partial charge in [-0.15, -0.1) is 13.2 Å². The summed E-state index contributed by atoms with van der Waals surface area (Å²) >= 11 is 0. The molecule has 0 aromatic heterocycles. The maximum atomic E-state index is 11.9. The molecule has 1 aromatic carbocycles. The monoisotopic (exact) mass is 274 g/mol. The average molecular weight is 274 g/mol. The van der Waals surface area contributed by atoms with Crippen LogP contribution in [0.25, 0.3) is 0 Å². The number of amides is 1. The smallest absolute Gasteiger partial charge is 0.399 e. The van der Waals surface area contributed by atoms with Crippen molar-refractivity contribution in [3.8, 4) is 0 Å². The number of carbonyl (C=O) groups excluding carboxylic acids is 1. The van der Waals surface area contributed by atoms with Crippen LogP contribution in [0.15, 0.2) is 18.2 Å². The first-order valence-corrected chi connectivity index (χ1v) is 5.76. The van der Waals surface area contributed by atoms with Gasteiger partial charge >= 0.3 is 6.36 Å². The Kier molecular flexibility index (Phi) is 3.66. The maximum absolute atomic E-state index is 11.9. The molecule has 1 aliphatic rings. The van der Waals surface area contributed by atoms with Gasteiger partial charge in [-0.3, -0.25) is 9.53 Å². The molecule has 0 saturated carbocycles. The topological polar surface area (TPSA) is 55.6 Å². The number of alkyl halides is 3. The van der Waals surface area contributed by atoms with Gasteiger partial charge in [-0.2, -0.15) is 0 Å². The Balaban J connectivity index is 2.10. The van der Waals surface area contributed by atoms with Crippen molar-refractivity contribution in [1.29, 1.82) is 0 Å². The van der Waals surface area contributed by atoms with Gasteiger partial charge in [0, 0.05) is 24.3 Å². The van der Waals surface area contributed by atoms with Crippen LogP contribution in [0.1, 0.15) is 12.0 Å². The number of nitrogens with zero attached hydrogens (tertiary/aromatic N) is 1. The molecule has 2 rings (SSSR count). The van der Waals surface area contributed by atoms with Crippen LogP contribution in [0.2, 0.25) is 0 Å². The third-order valence-electron chi connectivity index (χ3n) is 2.88. The van der Waals surface area contributed by atoms with E-state index in [1.54, 1.807) is 18.2 Å². The van der Waals surface area contributed by atoms with Gasteiger partial charge in [0.05, 0.1) is 6.61 Å². The van der Waals surface area contributed by atoms with Crippen LogP contribution in [-0.4, -0.2) is 25.4 Å². The Labute approximate surface area is 107 Å². The number of aryl methyl sites for hydroxylation is 1. The highest BCUT2D eigenvalue weighted by atomic mass is 19.4. The second kappa shape index (κ2) is 5.08. The van der Waals surface area contributed by atoms with E-state index in [-0.39, 0.29) is 18.9 Å². The number of hydrogen-bond acceptors (Lipinski definition) is 3. The van der Waals surface area contributed by atoms with Crippen molar-refractivity contribution in [3.05, 3.63) is 23.8 Å². The number of anilines is 2. The van der Waals surface area contributed by atoms with E-state index < -0.39 is 13.0 Å². The number of ether oxygens (including phenoxy) is 1. The molecule has 4 nitrogen and oxygen atoms in total. The summed E-state index contributed by atoms with van der Waals surface area (Å²) in [6, 6.07) is 5.00.